The molecule has 0 unspecified atom stereocenters. The molecule has 2 nitrogen and oxygen atoms in total. The summed E-state index contributed by atoms with van der Waals surface area (Å²) in [6.45, 7) is 11.4. The van der Waals surface area contributed by atoms with Crippen molar-refractivity contribution in [1.82, 2.24) is 0 Å². The van der Waals surface area contributed by atoms with Crippen LogP contribution in [-0.2, 0) is 10.8 Å². The predicted molar refractivity (Wildman–Crippen MR) is 65.3 cm³/mol. The van der Waals surface area contributed by atoms with Crippen molar-refractivity contribution in [3.63, 3.8) is 0 Å². The van der Waals surface area contributed by atoms with Crippen LogP contribution in [0, 0.1) is 0 Å². The molecule has 0 aliphatic carbocycles. The maximum atomic E-state index is 9.82. The van der Waals surface area contributed by atoms with E-state index >= 15 is 0 Å². The van der Waals surface area contributed by atoms with E-state index in [1.165, 1.54) is 0 Å². The van der Waals surface area contributed by atoms with Gasteiger partial charge in [-0.3, -0.25) is 0 Å². The molecule has 1 N–H and O–H groups in total. The quantitative estimate of drug-likeness (QED) is 0.726. The highest BCUT2D eigenvalue weighted by molar-refractivity contribution is 5.54. The van der Waals surface area contributed by atoms with Crippen molar-refractivity contribution in [2.75, 3.05) is 6.61 Å². The lowest BCUT2D eigenvalue weighted by Crippen LogP contribution is -2.18. The third-order valence-electron chi connectivity index (χ3n) is 3.19. The van der Waals surface area contributed by atoms with Crippen LogP contribution in [0.2, 0.25) is 0 Å². The minimum absolute atomic E-state index is 0.00588. The van der Waals surface area contributed by atoms with Gasteiger partial charge in [0.1, 0.15) is 11.5 Å². The minimum atomic E-state index is -0.0107. The first-order valence-electron chi connectivity index (χ1n) is 5.72. The Balaban J connectivity index is 2.67. The smallest absolute Gasteiger partial charge is 0.127 e. The van der Waals surface area contributed by atoms with E-state index in [-0.39, 0.29) is 10.8 Å². The summed E-state index contributed by atoms with van der Waals surface area (Å²) in [6, 6.07) is 3.65. The van der Waals surface area contributed by atoms with Gasteiger partial charge < -0.3 is 9.84 Å². The fourth-order valence-corrected chi connectivity index (χ4v) is 2.16. The summed E-state index contributed by atoms with van der Waals surface area (Å²) in [6.07, 6.45) is 0. The van der Waals surface area contributed by atoms with E-state index in [0.717, 1.165) is 16.9 Å². The first-order valence-corrected chi connectivity index (χ1v) is 5.72. The third kappa shape index (κ3) is 1.66. The number of phenols is 1. The van der Waals surface area contributed by atoms with Gasteiger partial charge in [0.05, 0.1) is 6.61 Å². The van der Waals surface area contributed by atoms with Crippen LogP contribution >= 0.6 is 0 Å². The topological polar surface area (TPSA) is 29.5 Å². The lowest BCUT2D eigenvalue weighted by Gasteiger charge is -2.23. The van der Waals surface area contributed by atoms with Crippen molar-refractivity contribution in [2.45, 2.75) is 45.4 Å². The van der Waals surface area contributed by atoms with Crippen LogP contribution in [0.5, 0.6) is 11.5 Å². The second-order valence-electron chi connectivity index (χ2n) is 6.29. The SMILES string of the molecule is CC(C)(C)c1cc(O)cc2c1OCC2(C)C. The molecule has 1 aromatic rings. The molecule has 0 saturated heterocycles. The van der Waals surface area contributed by atoms with Crippen LogP contribution in [0.4, 0.5) is 0 Å². The average Bonchev–Trinajstić information content (AvgIpc) is 2.40. The zero-order valence-electron chi connectivity index (χ0n) is 10.7. The van der Waals surface area contributed by atoms with Crippen molar-refractivity contribution in [3.05, 3.63) is 23.3 Å². The van der Waals surface area contributed by atoms with E-state index in [1.807, 2.05) is 12.1 Å². The van der Waals surface area contributed by atoms with Crippen LogP contribution < -0.4 is 4.74 Å². The van der Waals surface area contributed by atoms with Crippen molar-refractivity contribution in [3.8, 4) is 11.5 Å². The van der Waals surface area contributed by atoms with Gasteiger partial charge >= 0.3 is 0 Å². The van der Waals surface area contributed by atoms with Crippen molar-refractivity contribution < 1.29 is 9.84 Å². The van der Waals surface area contributed by atoms with E-state index in [4.69, 9.17) is 4.74 Å². The van der Waals surface area contributed by atoms with E-state index in [9.17, 15) is 5.11 Å². The number of hydrogen-bond acceptors (Lipinski definition) is 2. The second-order valence-corrected chi connectivity index (χ2v) is 6.29. The zero-order chi connectivity index (χ0) is 12.1. The molecule has 88 valence electrons. The number of phenolic OH excluding ortho intramolecular Hbond substituents is 1. The Morgan fingerprint density at radius 2 is 1.88 bits per heavy atom. The average molecular weight is 220 g/mol. The van der Waals surface area contributed by atoms with Gasteiger partial charge in [0.25, 0.3) is 0 Å². The van der Waals surface area contributed by atoms with Crippen LogP contribution in [0.15, 0.2) is 12.1 Å². The number of aromatic hydroxyl groups is 1. The normalized spacial score (nSPS) is 18.1. The van der Waals surface area contributed by atoms with Crippen LogP contribution in [0.25, 0.3) is 0 Å². The molecule has 0 radical (unpaired) electrons. The number of hydrogen-bond donors (Lipinski definition) is 1. The molecule has 2 rings (SSSR count). The van der Waals surface area contributed by atoms with E-state index in [0.29, 0.717) is 12.4 Å². The Kier molecular flexibility index (Phi) is 2.23. The maximum Gasteiger partial charge on any atom is 0.127 e. The van der Waals surface area contributed by atoms with Gasteiger partial charge in [-0.2, -0.15) is 0 Å². The summed E-state index contributed by atoms with van der Waals surface area (Å²) in [5.41, 5.74) is 2.20. The monoisotopic (exact) mass is 220 g/mol. The fourth-order valence-electron chi connectivity index (χ4n) is 2.16. The van der Waals surface area contributed by atoms with Gasteiger partial charge in [-0.25, -0.2) is 0 Å². The Morgan fingerprint density at radius 1 is 1.25 bits per heavy atom. The van der Waals surface area contributed by atoms with E-state index < -0.39 is 0 Å². The molecule has 1 aromatic carbocycles. The minimum Gasteiger partial charge on any atom is -0.508 e. The molecule has 0 atom stereocenters. The largest absolute Gasteiger partial charge is 0.508 e. The molecule has 1 aliphatic rings. The predicted octanol–water partition coefficient (Wildman–Crippen LogP) is 3.36. The maximum absolute atomic E-state index is 9.82. The van der Waals surface area contributed by atoms with Gasteiger partial charge in [-0.05, 0) is 17.5 Å². The standard InChI is InChI=1S/C14H20O2/c1-13(2,3)10-6-9(15)7-11-12(10)16-8-14(11,4)5/h6-7,15H,8H2,1-5H3. The summed E-state index contributed by atoms with van der Waals surface area (Å²) in [7, 11) is 0. The molecule has 0 aromatic heterocycles. The highest BCUT2D eigenvalue weighted by Crippen LogP contribution is 2.46. The Bertz CT molecular complexity index is 425. The van der Waals surface area contributed by atoms with E-state index in [2.05, 4.69) is 34.6 Å². The third-order valence-corrected chi connectivity index (χ3v) is 3.19. The molecule has 0 fully saturated rings. The lowest BCUT2D eigenvalue weighted by atomic mass is 9.80. The lowest BCUT2D eigenvalue weighted by molar-refractivity contribution is 0.286. The molecule has 16 heavy (non-hydrogen) atoms. The number of fused-ring (bicyclic) bond motifs is 1. The van der Waals surface area contributed by atoms with Gasteiger partial charge in [0, 0.05) is 16.5 Å². The van der Waals surface area contributed by atoms with Gasteiger partial charge in [0.2, 0.25) is 0 Å². The Morgan fingerprint density at radius 3 is 2.44 bits per heavy atom. The highest BCUT2D eigenvalue weighted by Gasteiger charge is 2.36. The molecule has 1 heterocycles. The van der Waals surface area contributed by atoms with Gasteiger partial charge in [-0.1, -0.05) is 34.6 Å². The Labute approximate surface area is 97.3 Å². The highest BCUT2D eigenvalue weighted by atomic mass is 16.5. The van der Waals surface area contributed by atoms with Gasteiger partial charge in [0.15, 0.2) is 0 Å². The van der Waals surface area contributed by atoms with Crippen LogP contribution in [0.1, 0.15) is 45.7 Å². The molecule has 0 bridgehead atoms. The van der Waals surface area contributed by atoms with Crippen molar-refractivity contribution in [2.24, 2.45) is 0 Å². The molecular formula is C14H20O2. The molecule has 0 spiro atoms. The molecular weight excluding hydrogens is 200 g/mol. The summed E-state index contributed by atoms with van der Waals surface area (Å²) < 4.78 is 5.82. The number of rotatable bonds is 0. The molecule has 2 heteroatoms. The second kappa shape index (κ2) is 3.16. The van der Waals surface area contributed by atoms with Crippen molar-refractivity contribution >= 4 is 0 Å². The van der Waals surface area contributed by atoms with Crippen molar-refractivity contribution in [1.29, 1.82) is 0 Å². The molecule has 0 saturated carbocycles. The van der Waals surface area contributed by atoms with Gasteiger partial charge in [-0.15, -0.1) is 0 Å². The molecule has 1 aliphatic heterocycles. The summed E-state index contributed by atoms with van der Waals surface area (Å²) in [5, 5.41) is 9.82. The number of ether oxygens (including phenoxy) is 1. The summed E-state index contributed by atoms with van der Waals surface area (Å²) >= 11 is 0. The first-order chi connectivity index (χ1) is 7.22. The first kappa shape index (κ1) is 11.3. The van der Waals surface area contributed by atoms with Crippen LogP contribution in [-0.4, -0.2) is 11.7 Å². The summed E-state index contributed by atoms with van der Waals surface area (Å²) in [4.78, 5) is 0. The van der Waals surface area contributed by atoms with Crippen LogP contribution in [0.3, 0.4) is 0 Å². The fraction of sp³-hybridized carbons (Fsp3) is 0.571. The van der Waals surface area contributed by atoms with E-state index in [1.54, 1.807) is 0 Å². The zero-order valence-corrected chi connectivity index (χ0v) is 10.7. The summed E-state index contributed by atoms with van der Waals surface area (Å²) in [5.74, 6) is 1.30. The Hall–Kier alpha value is -1.18. The molecule has 0 amide bonds. The number of benzene rings is 1.